The highest BCUT2D eigenvalue weighted by molar-refractivity contribution is 6.17. The number of benzene rings is 3. The Morgan fingerprint density at radius 2 is 1.74 bits per heavy atom. The largest absolute Gasteiger partial charge is 0.456 e. The van der Waals surface area contributed by atoms with Crippen LogP contribution in [0.25, 0.3) is 44.0 Å². The van der Waals surface area contributed by atoms with Crippen LogP contribution in [0.4, 0.5) is 0 Å². The average molecular weight is 406 g/mol. The quantitative estimate of drug-likeness (QED) is 0.260. The SMILES string of the molecule is Cc1ccc2cnc3c(c2c1)C(C)(C)c1ccc(C(C)(C)C)c2oc4cccc-3c4c12. The highest BCUT2D eigenvalue weighted by atomic mass is 16.3. The van der Waals surface area contributed by atoms with Gasteiger partial charge in [-0.2, -0.15) is 0 Å². The molecule has 2 aromatic heterocycles. The number of hydrogen-bond donors (Lipinski definition) is 0. The molecule has 0 unspecified atom stereocenters. The van der Waals surface area contributed by atoms with E-state index < -0.39 is 0 Å². The van der Waals surface area contributed by atoms with Crippen LogP contribution in [0.2, 0.25) is 0 Å². The summed E-state index contributed by atoms with van der Waals surface area (Å²) in [6.45, 7) is 13.6. The van der Waals surface area contributed by atoms with E-state index in [1.54, 1.807) is 0 Å². The Kier molecular flexibility index (Phi) is 3.46. The van der Waals surface area contributed by atoms with Gasteiger partial charge in [0, 0.05) is 38.9 Å². The Balaban J connectivity index is 1.89. The number of aryl methyl sites for hydroxylation is 1. The first kappa shape index (κ1) is 18.6. The van der Waals surface area contributed by atoms with Gasteiger partial charge in [-0.15, -0.1) is 0 Å². The van der Waals surface area contributed by atoms with Crippen molar-refractivity contribution in [3.8, 4) is 11.3 Å². The van der Waals surface area contributed by atoms with Crippen LogP contribution in [0.15, 0.2) is 59.1 Å². The zero-order valence-electron chi connectivity index (χ0n) is 19.1. The molecule has 0 spiro atoms. The molecule has 1 aliphatic carbocycles. The van der Waals surface area contributed by atoms with Crippen molar-refractivity contribution >= 4 is 32.7 Å². The van der Waals surface area contributed by atoms with E-state index in [2.05, 4.69) is 90.1 Å². The molecule has 0 bridgehead atoms. The molecule has 0 saturated heterocycles. The lowest BCUT2D eigenvalue weighted by Crippen LogP contribution is -2.21. The molecule has 2 heterocycles. The topological polar surface area (TPSA) is 26.0 Å². The monoisotopic (exact) mass is 405 g/mol. The minimum atomic E-state index is -0.222. The molecule has 0 fully saturated rings. The molecule has 1 aliphatic rings. The first-order valence-corrected chi connectivity index (χ1v) is 11.1. The van der Waals surface area contributed by atoms with E-state index in [1.165, 1.54) is 49.4 Å². The molecule has 0 N–H and O–H groups in total. The Bertz CT molecular complexity index is 1540. The molecule has 2 heteroatoms. The van der Waals surface area contributed by atoms with E-state index in [-0.39, 0.29) is 10.8 Å². The molecule has 0 aliphatic heterocycles. The molecule has 0 atom stereocenters. The number of nitrogens with zero attached hydrogens (tertiary/aromatic N) is 1. The molecule has 6 rings (SSSR count). The zero-order chi connectivity index (χ0) is 21.7. The summed E-state index contributed by atoms with van der Waals surface area (Å²) >= 11 is 0. The number of furan rings is 1. The van der Waals surface area contributed by atoms with Crippen molar-refractivity contribution in [1.82, 2.24) is 4.98 Å². The third-order valence-corrected chi connectivity index (χ3v) is 7.06. The van der Waals surface area contributed by atoms with Gasteiger partial charge < -0.3 is 4.42 Å². The van der Waals surface area contributed by atoms with Crippen LogP contribution < -0.4 is 0 Å². The van der Waals surface area contributed by atoms with Crippen LogP contribution in [-0.4, -0.2) is 4.98 Å². The van der Waals surface area contributed by atoms with Gasteiger partial charge in [-0.1, -0.05) is 82.6 Å². The summed E-state index contributed by atoms with van der Waals surface area (Å²) in [4.78, 5) is 5.04. The van der Waals surface area contributed by atoms with Crippen molar-refractivity contribution in [2.45, 2.75) is 52.4 Å². The molecular formula is C29H27NO. The minimum Gasteiger partial charge on any atom is -0.456 e. The fraction of sp³-hybridized carbons (Fsp3) is 0.276. The predicted molar refractivity (Wildman–Crippen MR) is 130 cm³/mol. The fourth-order valence-electron chi connectivity index (χ4n) is 5.53. The Morgan fingerprint density at radius 1 is 0.935 bits per heavy atom. The summed E-state index contributed by atoms with van der Waals surface area (Å²) in [5, 5.41) is 4.94. The molecule has 2 nitrogen and oxygen atoms in total. The van der Waals surface area contributed by atoms with E-state index in [9.17, 15) is 0 Å². The maximum absolute atomic E-state index is 6.55. The van der Waals surface area contributed by atoms with Gasteiger partial charge in [0.05, 0.1) is 5.69 Å². The van der Waals surface area contributed by atoms with Gasteiger partial charge in [-0.05, 0) is 34.9 Å². The smallest absolute Gasteiger partial charge is 0.139 e. The lowest BCUT2D eigenvalue weighted by molar-refractivity contribution is 0.570. The van der Waals surface area contributed by atoms with Crippen LogP contribution in [0.3, 0.4) is 0 Å². The maximum Gasteiger partial charge on any atom is 0.139 e. The summed E-state index contributed by atoms with van der Waals surface area (Å²) in [7, 11) is 0. The van der Waals surface area contributed by atoms with Crippen molar-refractivity contribution in [3.05, 3.63) is 77.0 Å². The average Bonchev–Trinajstić information content (AvgIpc) is 3.06. The first-order chi connectivity index (χ1) is 14.7. The fourth-order valence-corrected chi connectivity index (χ4v) is 5.53. The third kappa shape index (κ3) is 2.36. The standard InChI is InChI=1S/C29H27NO/c1-16-10-11-17-15-30-26-18-8-7-9-22-23(18)24-20(29(5,6)25(26)19(17)14-16)12-13-21(27(24)31-22)28(2,3)4/h7-15H,1-6H3. The van der Waals surface area contributed by atoms with E-state index in [1.807, 2.05) is 6.20 Å². The number of aromatic nitrogens is 1. The number of fused-ring (bicyclic) bond motifs is 4. The molecule has 3 aromatic carbocycles. The van der Waals surface area contributed by atoms with Gasteiger partial charge in [0.25, 0.3) is 0 Å². The summed E-state index contributed by atoms with van der Waals surface area (Å²) < 4.78 is 6.55. The second kappa shape index (κ2) is 5.76. The van der Waals surface area contributed by atoms with Crippen molar-refractivity contribution in [1.29, 1.82) is 0 Å². The van der Waals surface area contributed by atoms with Crippen molar-refractivity contribution < 1.29 is 4.42 Å². The Labute approximate surface area is 182 Å². The van der Waals surface area contributed by atoms with Crippen molar-refractivity contribution in [2.24, 2.45) is 0 Å². The second-order valence-electron chi connectivity index (χ2n) is 10.6. The highest BCUT2D eigenvalue weighted by Gasteiger charge is 2.37. The van der Waals surface area contributed by atoms with Gasteiger partial charge in [0.1, 0.15) is 11.2 Å². The van der Waals surface area contributed by atoms with Crippen LogP contribution in [0, 0.1) is 6.92 Å². The predicted octanol–water partition coefficient (Wildman–Crippen LogP) is 8.05. The van der Waals surface area contributed by atoms with Crippen molar-refractivity contribution in [3.63, 3.8) is 0 Å². The van der Waals surface area contributed by atoms with E-state index in [4.69, 9.17) is 9.40 Å². The van der Waals surface area contributed by atoms with Crippen LogP contribution in [0.5, 0.6) is 0 Å². The Hall–Kier alpha value is -3.13. The summed E-state index contributed by atoms with van der Waals surface area (Å²) in [5.41, 5.74) is 9.14. The zero-order valence-corrected chi connectivity index (χ0v) is 19.1. The van der Waals surface area contributed by atoms with Gasteiger partial charge in [0.2, 0.25) is 0 Å². The van der Waals surface area contributed by atoms with E-state index in [0.29, 0.717) is 0 Å². The minimum absolute atomic E-state index is 0.00206. The third-order valence-electron chi connectivity index (χ3n) is 7.06. The Morgan fingerprint density at radius 3 is 2.52 bits per heavy atom. The summed E-state index contributed by atoms with van der Waals surface area (Å²) in [6, 6.07) is 17.7. The molecule has 154 valence electrons. The maximum atomic E-state index is 6.55. The van der Waals surface area contributed by atoms with Crippen LogP contribution in [-0.2, 0) is 10.8 Å². The van der Waals surface area contributed by atoms with E-state index in [0.717, 1.165) is 16.9 Å². The van der Waals surface area contributed by atoms with Gasteiger partial charge in [0.15, 0.2) is 0 Å². The van der Waals surface area contributed by atoms with Crippen LogP contribution in [0.1, 0.15) is 56.9 Å². The highest BCUT2D eigenvalue weighted by Crippen LogP contribution is 2.52. The normalized spacial score (nSPS) is 15.0. The van der Waals surface area contributed by atoms with Crippen LogP contribution >= 0.6 is 0 Å². The summed E-state index contributed by atoms with van der Waals surface area (Å²) in [5.74, 6) is 0. The lowest BCUT2D eigenvalue weighted by atomic mass is 9.73. The molecule has 5 aromatic rings. The van der Waals surface area contributed by atoms with E-state index >= 15 is 0 Å². The molecular weight excluding hydrogens is 378 g/mol. The van der Waals surface area contributed by atoms with Gasteiger partial charge >= 0.3 is 0 Å². The number of rotatable bonds is 0. The number of pyridine rings is 1. The molecule has 0 radical (unpaired) electrons. The van der Waals surface area contributed by atoms with Gasteiger partial charge in [-0.3, -0.25) is 4.98 Å². The first-order valence-electron chi connectivity index (χ1n) is 11.1. The van der Waals surface area contributed by atoms with Gasteiger partial charge in [-0.25, -0.2) is 0 Å². The van der Waals surface area contributed by atoms with Crippen molar-refractivity contribution in [2.75, 3.05) is 0 Å². The molecule has 0 amide bonds. The summed E-state index contributed by atoms with van der Waals surface area (Å²) in [6.07, 6.45) is 2.02. The molecule has 0 saturated carbocycles. The lowest BCUT2D eigenvalue weighted by Gasteiger charge is -2.30. The second-order valence-corrected chi connectivity index (χ2v) is 10.6. The molecule has 31 heavy (non-hydrogen) atoms. The number of hydrogen-bond acceptors (Lipinski definition) is 2.